The highest BCUT2D eigenvalue weighted by Gasteiger charge is 2.24. The van der Waals surface area contributed by atoms with Crippen molar-refractivity contribution in [1.29, 1.82) is 0 Å². The zero-order valence-electron chi connectivity index (χ0n) is 21.1. The molecule has 0 radical (unpaired) electrons. The minimum absolute atomic E-state index is 0.117. The monoisotopic (exact) mass is 468 g/mol. The lowest BCUT2D eigenvalue weighted by atomic mass is 10.1. The van der Waals surface area contributed by atoms with Gasteiger partial charge in [0.1, 0.15) is 11.3 Å². The first-order chi connectivity index (χ1) is 16.4. The molecule has 1 aromatic heterocycles. The predicted octanol–water partition coefficient (Wildman–Crippen LogP) is 5.22. The number of methoxy groups -OCH3 is 3. The number of furan rings is 1. The number of carbonyl (C=O) groups excluding carboxylic acids is 1. The molecule has 0 bridgehead atoms. The van der Waals surface area contributed by atoms with Gasteiger partial charge in [-0.05, 0) is 51.2 Å². The average molecular weight is 469 g/mol. The maximum Gasteiger partial charge on any atom is 0.254 e. The van der Waals surface area contributed by atoms with Crippen molar-refractivity contribution < 1.29 is 23.4 Å². The largest absolute Gasteiger partial charge is 0.493 e. The molecule has 0 aliphatic rings. The number of hydrogen-bond donors (Lipinski definition) is 0. The lowest BCUT2D eigenvalue weighted by molar-refractivity contribution is 0.0713. The van der Waals surface area contributed by atoms with Crippen LogP contribution in [0, 0.1) is 0 Å². The van der Waals surface area contributed by atoms with Gasteiger partial charge in [-0.15, -0.1) is 0 Å². The highest BCUT2D eigenvalue weighted by Crippen LogP contribution is 2.38. The van der Waals surface area contributed by atoms with Crippen LogP contribution in [0.1, 0.15) is 42.3 Å². The molecule has 0 aliphatic heterocycles. The summed E-state index contributed by atoms with van der Waals surface area (Å²) in [6, 6.07) is 13.7. The quantitative estimate of drug-likeness (QED) is 0.363. The molecule has 3 aromatic rings. The van der Waals surface area contributed by atoms with Crippen LogP contribution in [0.25, 0.3) is 11.0 Å². The van der Waals surface area contributed by atoms with Crippen molar-refractivity contribution in [3.63, 3.8) is 0 Å². The van der Waals surface area contributed by atoms with Crippen molar-refractivity contribution in [3.05, 3.63) is 53.8 Å². The minimum Gasteiger partial charge on any atom is -0.493 e. The lowest BCUT2D eigenvalue weighted by Crippen LogP contribution is -2.36. The third-order valence-electron chi connectivity index (χ3n) is 6.11. The lowest BCUT2D eigenvalue weighted by Gasteiger charge is -2.28. The molecule has 0 saturated heterocycles. The molecule has 0 fully saturated rings. The van der Waals surface area contributed by atoms with E-state index in [9.17, 15) is 4.79 Å². The van der Waals surface area contributed by atoms with Crippen molar-refractivity contribution in [3.8, 4) is 17.2 Å². The number of ether oxygens (including phenoxy) is 3. The second-order valence-electron chi connectivity index (χ2n) is 8.59. The maximum atomic E-state index is 13.8. The van der Waals surface area contributed by atoms with Crippen LogP contribution in [0.4, 0.5) is 0 Å². The van der Waals surface area contributed by atoms with E-state index in [1.165, 1.54) is 0 Å². The van der Waals surface area contributed by atoms with Gasteiger partial charge in [0.15, 0.2) is 11.5 Å². The first kappa shape index (κ1) is 25.4. The summed E-state index contributed by atoms with van der Waals surface area (Å²) in [5, 5.41) is 1.02. The molecular formula is C27H36N2O5. The molecule has 7 nitrogen and oxygen atoms in total. The van der Waals surface area contributed by atoms with Crippen LogP contribution in [-0.2, 0) is 6.54 Å². The van der Waals surface area contributed by atoms with Gasteiger partial charge in [0.2, 0.25) is 5.75 Å². The van der Waals surface area contributed by atoms with Gasteiger partial charge in [-0.25, -0.2) is 0 Å². The Balaban J connectivity index is 1.93. The van der Waals surface area contributed by atoms with E-state index in [0.717, 1.165) is 36.0 Å². The van der Waals surface area contributed by atoms with Gasteiger partial charge in [-0.2, -0.15) is 0 Å². The Hall–Kier alpha value is -3.19. The molecule has 1 unspecified atom stereocenters. The smallest absolute Gasteiger partial charge is 0.254 e. The van der Waals surface area contributed by atoms with E-state index in [0.29, 0.717) is 41.9 Å². The summed E-state index contributed by atoms with van der Waals surface area (Å²) < 4.78 is 22.4. The predicted molar refractivity (Wildman–Crippen MR) is 134 cm³/mol. The van der Waals surface area contributed by atoms with Crippen LogP contribution in [0.3, 0.4) is 0 Å². The van der Waals surface area contributed by atoms with Crippen molar-refractivity contribution in [1.82, 2.24) is 9.80 Å². The van der Waals surface area contributed by atoms with Gasteiger partial charge < -0.3 is 28.4 Å². The van der Waals surface area contributed by atoms with Gasteiger partial charge in [-0.1, -0.05) is 31.5 Å². The number of benzene rings is 2. The molecule has 34 heavy (non-hydrogen) atoms. The second kappa shape index (κ2) is 11.8. The molecule has 184 valence electrons. The normalized spacial score (nSPS) is 12.1. The number of nitrogens with zero attached hydrogens (tertiary/aromatic N) is 2. The first-order valence-corrected chi connectivity index (χ1v) is 11.6. The fourth-order valence-corrected chi connectivity index (χ4v) is 4.24. The molecule has 1 atom stereocenters. The zero-order chi connectivity index (χ0) is 24.7. The maximum absolute atomic E-state index is 13.8. The van der Waals surface area contributed by atoms with Crippen molar-refractivity contribution in [2.24, 2.45) is 0 Å². The fourth-order valence-electron chi connectivity index (χ4n) is 4.24. The van der Waals surface area contributed by atoms with Crippen molar-refractivity contribution in [2.45, 2.75) is 38.8 Å². The number of amides is 1. The molecule has 7 heteroatoms. The summed E-state index contributed by atoms with van der Waals surface area (Å²) in [4.78, 5) is 17.8. The van der Waals surface area contributed by atoms with Gasteiger partial charge in [0, 0.05) is 23.5 Å². The van der Waals surface area contributed by atoms with E-state index >= 15 is 0 Å². The van der Waals surface area contributed by atoms with E-state index in [1.54, 1.807) is 33.5 Å². The first-order valence-electron chi connectivity index (χ1n) is 11.6. The summed E-state index contributed by atoms with van der Waals surface area (Å²) in [5.41, 5.74) is 1.29. The third-order valence-corrected chi connectivity index (χ3v) is 6.11. The third kappa shape index (κ3) is 5.83. The SMILES string of the molecule is CCCC(CCN(Cc1cc2ccccc2o1)C(=O)c1cc(OC)c(OC)c(OC)c1)N(C)C. The fraction of sp³-hybridized carbons (Fsp3) is 0.444. The van der Waals surface area contributed by atoms with Crippen LogP contribution in [-0.4, -0.2) is 63.7 Å². The van der Waals surface area contributed by atoms with Gasteiger partial charge in [0.25, 0.3) is 5.91 Å². The highest BCUT2D eigenvalue weighted by atomic mass is 16.5. The van der Waals surface area contributed by atoms with Gasteiger partial charge in [0.05, 0.1) is 27.9 Å². The van der Waals surface area contributed by atoms with Crippen LogP contribution in [0.2, 0.25) is 0 Å². The molecule has 0 N–H and O–H groups in total. The van der Waals surface area contributed by atoms with Gasteiger partial charge in [-0.3, -0.25) is 4.79 Å². The van der Waals surface area contributed by atoms with E-state index < -0.39 is 0 Å². The van der Waals surface area contributed by atoms with Crippen molar-refractivity contribution in [2.75, 3.05) is 42.0 Å². The topological polar surface area (TPSA) is 64.4 Å². The summed E-state index contributed by atoms with van der Waals surface area (Å²) >= 11 is 0. The van der Waals surface area contributed by atoms with Crippen LogP contribution >= 0.6 is 0 Å². The van der Waals surface area contributed by atoms with Crippen LogP contribution < -0.4 is 14.2 Å². The Morgan fingerprint density at radius 2 is 1.65 bits per heavy atom. The van der Waals surface area contributed by atoms with E-state index in [-0.39, 0.29) is 5.91 Å². The van der Waals surface area contributed by atoms with Crippen LogP contribution in [0.15, 0.2) is 46.9 Å². The summed E-state index contributed by atoms with van der Waals surface area (Å²) in [6.45, 7) is 3.15. The van der Waals surface area contributed by atoms with E-state index in [1.807, 2.05) is 35.2 Å². The molecule has 1 heterocycles. The summed E-state index contributed by atoms with van der Waals surface area (Å²) in [5.74, 6) is 1.99. The van der Waals surface area contributed by atoms with E-state index in [2.05, 4.69) is 25.9 Å². The Bertz CT molecular complexity index is 1030. The number of hydrogen-bond acceptors (Lipinski definition) is 6. The Morgan fingerprint density at radius 3 is 2.21 bits per heavy atom. The Labute approximate surface area is 202 Å². The molecule has 1 amide bonds. The molecular weight excluding hydrogens is 432 g/mol. The average Bonchev–Trinajstić information content (AvgIpc) is 3.26. The minimum atomic E-state index is -0.117. The summed E-state index contributed by atoms with van der Waals surface area (Å²) in [7, 11) is 8.81. The number of para-hydroxylation sites is 1. The zero-order valence-corrected chi connectivity index (χ0v) is 21.1. The molecule has 0 spiro atoms. The molecule has 0 saturated carbocycles. The molecule has 2 aromatic carbocycles. The van der Waals surface area contributed by atoms with Gasteiger partial charge >= 0.3 is 0 Å². The Morgan fingerprint density at radius 1 is 0.971 bits per heavy atom. The standard InChI is InChI=1S/C27H36N2O5/c1-7-10-21(28(2)3)13-14-29(18-22-15-19-11-8-9-12-23(19)34-22)27(30)20-16-24(31-4)26(33-6)25(17-20)32-5/h8-9,11-12,15-17,21H,7,10,13-14,18H2,1-6H3. The van der Waals surface area contributed by atoms with E-state index in [4.69, 9.17) is 18.6 Å². The summed E-state index contributed by atoms with van der Waals surface area (Å²) in [6.07, 6.45) is 3.02. The van der Waals surface area contributed by atoms with Crippen molar-refractivity contribution >= 4 is 16.9 Å². The number of carbonyl (C=O) groups is 1. The highest BCUT2D eigenvalue weighted by molar-refractivity contribution is 5.95. The second-order valence-corrected chi connectivity index (χ2v) is 8.59. The Kier molecular flexibility index (Phi) is 8.82. The molecule has 0 aliphatic carbocycles. The number of rotatable bonds is 12. The molecule has 3 rings (SSSR count). The number of fused-ring (bicyclic) bond motifs is 1. The van der Waals surface area contributed by atoms with Crippen LogP contribution in [0.5, 0.6) is 17.2 Å².